The van der Waals surface area contributed by atoms with Crippen molar-refractivity contribution in [1.82, 2.24) is 4.98 Å². The predicted octanol–water partition coefficient (Wildman–Crippen LogP) is 6.80. The van der Waals surface area contributed by atoms with Gasteiger partial charge in [0, 0.05) is 5.39 Å². The molecule has 2 aromatic heterocycles. The Hall–Kier alpha value is -3.96. The molecule has 0 atom stereocenters. The lowest BCUT2D eigenvalue weighted by atomic mass is 10.0. The number of fused-ring (bicyclic) bond motifs is 4. The van der Waals surface area contributed by atoms with Crippen LogP contribution in [0.3, 0.4) is 0 Å². The monoisotopic (exact) mass is 420 g/mol. The fraction of sp³-hybridized carbons (Fsp3) is 0. The molecule has 2 heterocycles. The summed E-state index contributed by atoms with van der Waals surface area (Å²) < 4.78 is 7.40. The van der Waals surface area contributed by atoms with Gasteiger partial charge in [0.1, 0.15) is 22.0 Å². The van der Waals surface area contributed by atoms with Crippen molar-refractivity contribution in [1.29, 1.82) is 0 Å². The predicted molar refractivity (Wildman–Crippen MR) is 126 cm³/mol. The fourth-order valence-electron chi connectivity index (χ4n) is 3.77. The molecule has 1 N–H and O–H groups in total. The van der Waals surface area contributed by atoms with Crippen LogP contribution in [0.4, 0.5) is 5.69 Å². The molecule has 0 aliphatic rings. The zero-order chi connectivity index (χ0) is 20.8. The quantitative estimate of drug-likeness (QED) is 0.313. The Labute approximate surface area is 181 Å². The average Bonchev–Trinajstić information content (AvgIpc) is 3.24. The zero-order valence-electron chi connectivity index (χ0n) is 16.3. The van der Waals surface area contributed by atoms with Crippen LogP contribution in [0.15, 0.2) is 100 Å². The van der Waals surface area contributed by atoms with Gasteiger partial charge in [-0.1, -0.05) is 54.6 Å². The first-order valence-electron chi connectivity index (χ1n) is 9.90. The molecule has 5 heteroatoms. The van der Waals surface area contributed by atoms with Gasteiger partial charge >= 0.3 is 0 Å². The molecular formula is C26H16N2O2S. The number of benzene rings is 4. The van der Waals surface area contributed by atoms with Gasteiger partial charge in [-0.2, -0.15) is 0 Å². The number of rotatable bonds is 2. The fourth-order valence-corrected chi connectivity index (χ4v) is 4.74. The number of hydrogen-bond donors (Lipinski definition) is 1. The van der Waals surface area contributed by atoms with Crippen LogP contribution >= 0.6 is 11.3 Å². The lowest BCUT2D eigenvalue weighted by Gasteiger charge is -2.06. The topological polar surface area (TPSA) is 58.6 Å². The maximum absolute atomic E-state index is 10.3. The molecule has 0 saturated heterocycles. The molecule has 0 radical (unpaired) electrons. The summed E-state index contributed by atoms with van der Waals surface area (Å²) in [5, 5.41) is 14.3. The van der Waals surface area contributed by atoms with Crippen molar-refractivity contribution in [2.24, 2.45) is 4.99 Å². The minimum absolute atomic E-state index is 0.103. The molecule has 148 valence electrons. The lowest BCUT2D eigenvalue weighted by molar-refractivity contribution is 0.475. The summed E-state index contributed by atoms with van der Waals surface area (Å²) in [4.78, 5) is 9.50. The van der Waals surface area contributed by atoms with Gasteiger partial charge in [0.05, 0.1) is 15.8 Å². The summed E-state index contributed by atoms with van der Waals surface area (Å²) in [5.74, 6) is 0.103. The summed E-state index contributed by atoms with van der Waals surface area (Å²) in [7, 11) is 0. The molecule has 0 bridgehead atoms. The van der Waals surface area contributed by atoms with Crippen molar-refractivity contribution in [3.05, 3.63) is 96.5 Å². The Morgan fingerprint density at radius 2 is 1.61 bits per heavy atom. The lowest BCUT2D eigenvalue weighted by Crippen LogP contribution is -2.05. The number of hydrogen-bond acceptors (Lipinski definition) is 5. The van der Waals surface area contributed by atoms with E-state index in [1.165, 1.54) is 0 Å². The van der Waals surface area contributed by atoms with Crippen LogP contribution in [0.2, 0.25) is 0 Å². The van der Waals surface area contributed by atoms with E-state index in [0.717, 1.165) is 42.5 Å². The summed E-state index contributed by atoms with van der Waals surface area (Å²) in [6.45, 7) is 0. The Morgan fingerprint density at radius 1 is 0.806 bits per heavy atom. The van der Waals surface area contributed by atoms with E-state index in [1.807, 2.05) is 48.5 Å². The highest BCUT2D eigenvalue weighted by Gasteiger charge is 2.14. The molecule has 0 saturated carbocycles. The van der Waals surface area contributed by atoms with Gasteiger partial charge in [-0.15, -0.1) is 11.3 Å². The SMILES string of the molecule is Oc1ccccc1N=c1oc2ccc3ccccc3c2cc1-c1nc2ccccc2s1. The molecule has 0 amide bonds. The number of thiazole rings is 1. The van der Waals surface area contributed by atoms with Gasteiger partial charge in [0.2, 0.25) is 5.55 Å². The third-order valence-electron chi connectivity index (χ3n) is 5.28. The molecule has 4 aromatic carbocycles. The van der Waals surface area contributed by atoms with Gasteiger partial charge in [0.25, 0.3) is 0 Å². The minimum atomic E-state index is 0.103. The molecule has 31 heavy (non-hydrogen) atoms. The van der Waals surface area contributed by atoms with Crippen molar-refractivity contribution in [3.63, 3.8) is 0 Å². The Morgan fingerprint density at radius 3 is 2.52 bits per heavy atom. The smallest absolute Gasteiger partial charge is 0.230 e. The largest absolute Gasteiger partial charge is 0.506 e. The highest BCUT2D eigenvalue weighted by Crippen LogP contribution is 2.33. The first-order valence-corrected chi connectivity index (χ1v) is 10.7. The van der Waals surface area contributed by atoms with E-state index < -0.39 is 0 Å². The second-order valence-corrected chi connectivity index (χ2v) is 8.28. The van der Waals surface area contributed by atoms with Crippen LogP contribution < -0.4 is 5.55 Å². The van der Waals surface area contributed by atoms with Crippen molar-refractivity contribution < 1.29 is 9.52 Å². The van der Waals surface area contributed by atoms with Gasteiger partial charge in [-0.25, -0.2) is 9.98 Å². The van der Waals surface area contributed by atoms with E-state index in [9.17, 15) is 5.11 Å². The van der Waals surface area contributed by atoms with Crippen molar-refractivity contribution in [3.8, 4) is 16.3 Å². The average molecular weight is 420 g/mol. The summed E-state index contributed by atoms with van der Waals surface area (Å²) in [6.07, 6.45) is 0. The molecule has 6 aromatic rings. The van der Waals surface area contributed by atoms with Crippen molar-refractivity contribution in [2.45, 2.75) is 0 Å². The first kappa shape index (κ1) is 17.9. The van der Waals surface area contributed by atoms with Gasteiger partial charge in [-0.3, -0.25) is 0 Å². The molecule has 0 spiro atoms. The summed E-state index contributed by atoms with van der Waals surface area (Å²) in [5.41, 5.74) is 3.34. The van der Waals surface area contributed by atoms with Crippen LogP contribution in [0, 0.1) is 0 Å². The number of aromatic hydroxyl groups is 1. The number of nitrogens with zero attached hydrogens (tertiary/aromatic N) is 2. The van der Waals surface area contributed by atoms with Crippen molar-refractivity contribution >= 4 is 49.0 Å². The van der Waals surface area contributed by atoms with E-state index in [4.69, 9.17) is 9.40 Å². The molecule has 0 aliphatic carbocycles. The number of phenolic OH excluding ortho intramolecular Hbond substituents is 1. The Balaban J connectivity index is 1.72. The molecule has 0 unspecified atom stereocenters. The highest BCUT2D eigenvalue weighted by atomic mass is 32.1. The minimum Gasteiger partial charge on any atom is -0.506 e. The third-order valence-corrected chi connectivity index (χ3v) is 6.35. The van der Waals surface area contributed by atoms with Gasteiger partial charge in [-0.05, 0) is 47.2 Å². The molecule has 6 rings (SSSR count). The van der Waals surface area contributed by atoms with Crippen LogP contribution in [0.5, 0.6) is 5.75 Å². The van der Waals surface area contributed by atoms with Gasteiger partial charge in [0.15, 0.2) is 0 Å². The Kier molecular flexibility index (Phi) is 4.08. The first-order chi connectivity index (χ1) is 15.3. The van der Waals surface area contributed by atoms with E-state index in [-0.39, 0.29) is 5.75 Å². The number of para-hydroxylation sites is 3. The maximum Gasteiger partial charge on any atom is 0.230 e. The van der Waals surface area contributed by atoms with E-state index in [2.05, 4.69) is 29.3 Å². The maximum atomic E-state index is 10.3. The summed E-state index contributed by atoms with van der Waals surface area (Å²) >= 11 is 1.60. The molecule has 0 fully saturated rings. The number of aromatic nitrogens is 1. The molecule has 4 nitrogen and oxygen atoms in total. The summed E-state index contributed by atoms with van der Waals surface area (Å²) in [6, 6.07) is 29.4. The van der Waals surface area contributed by atoms with E-state index in [1.54, 1.807) is 29.5 Å². The second-order valence-electron chi connectivity index (χ2n) is 7.25. The standard InChI is InChI=1S/C26H16N2O2S/c29-22-11-5-3-9-20(22)27-25-19(26-28-21-10-4-6-12-24(21)31-26)15-18-17-8-2-1-7-16(17)13-14-23(18)30-25/h1-15,29H. The Bertz CT molecular complexity index is 1630. The van der Waals surface area contributed by atoms with Crippen LogP contribution in [0.1, 0.15) is 0 Å². The van der Waals surface area contributed by atoms with Gasteiger partial charge < -0.3 is 9.52 Å². The van der Waals surface area contributed by atoms with E-state index in [0.29, 0.717) is 11.2 Å². The highest BCUT2D eigenvalue weighted by molar-refractivity contribution is 7.21. The van der Waals surface area contributed by atoms with Crippen LogP contribution in [-0.2, 0) is 0 Å². The third kappa shape index (κ3) is 3.07. The molecular weight excluding hydrogens is 404 g/mol. The normalized spacial score (nSPS) is 12.2. The zero-order valence-corrected chi connectivity index (χ0v) is 17.1. The van der Waals surface area contributed by atoms with Crippen LogP contribution in [-0.4, -0.2) is 10.1 Å². The van der Waals surface area contributed by atoms with Crippen molar-refractivity contribution in [2.75, 3.05) is 0 Å². The van der Waals surface area contributed by atoms with E-state index >= 15 is 0 Å². The van der Waals surface area contributed by atoms with Crippen LogP contribution in [0.25, 0.3) is 42.5 Å². The second kappa shape index (κ2) is 7.07. The number of phenols is 1. The molecule has 0 aliphatic heterocycles.